The number of hydrogen-bond acceptors (Lipinski definition) is 3. The maximum absolute atomic E-state index is 6.90. The lowest BCUT2D eigenvalue weighted by molar-refractivity contribution is -0.131. The van der Waals surface area contributed by atoms with Crippen molar-refractivity contribution in [1.29, 1.82) is 0 Å². The third-order valence-corrected chi connectivity index (χ3v) is 11.2. The fraction of sp³-hybridized carbons (Fsp3) is 0.600. The van der Waals surface area contributed by atoms with E-state index in [4.69, 9.17) is 13.9 Å². The van der Waals surface area contributed by atoms with Crippen molar-refractivity contribution in [2.24, 2.45) is 0 Å². The second-order valence-electron chi connectivity index (χ2n) is 10.9. The summed E-state index contributed by atoms with van der Waals surface area (Å²) in [7, 11) is -1.98. The average Bonchev–Trinajstić information content (AvgIpc) is 2.76. The summed E-state index contributed by atoms with van der Waals surface area (Å²) in [4.78, 5) is 0. The standard InChI is InChI=1S/C30H50O3Si/c1-11-17-27(31-23-25-19-15-14-16-20-25)26(13-3)32-28(22-21-24(4)5)29(18-12-2)33-34(9,10)30(6,7)8/h11-12,14-16,19-21,26-29H,1-2,13,17-18,22-23H2,3-10H3/t26-,27+,28-,29-/m0/s1. The molecule has 34 heavy (non-hydrogen) atoms. The molecule has 4 heteroatoms. The van der Waals surface area contributed by atoms with Crippen molar-refractivity contribution in [1.82, 2.24) is 0 Å². The van der Waals surface area contributed by atoms with Gasteiger partial charge in [-0.05, 0) is 63.2 Å². The van der Waals surface area contributed by atoms with Crippen LogP contribution in [-0.4, -0.2) is 32.7 Å². The van der Waals surface area contributed by atoms with Crippen LogP contribution in [0.5, 0.6) is 0 Å². The van der Waals surface area contributed by atoms with E-state index in [1.54, 1.807) is 0 Å². The zero-order chi connectivity index (χ0) is 25.8. The van der Waals surface area contributed by atoms with Gasteiger partial charge in [0, 0.05) is 0 Å². The molecule has 0 aliphatic carbocycles. The van der Waals surface area contributed by atoms with Crippen LogP contribution in [0.4, 0.5) is 0 Å². The first-order valence-electron chi connectivity index (χ1n) is 12.8. The Hall–Kier alpha value is -1.46. The van der Waals surface area contributed by atoms with E-state index in [0.29, 0.717) is 6.61 Å². The molecule has 1 aromatic rings. The van der Waals surface area contributed by atoms with E-state index in [-0.39, 0.29) is 29.5 Å². The lowest BCUT2D eigenvalue weighted by atomic mass is 10.0. The zero-order valence-electron chi connectivity index (χ0n) is 23.1. The number of ether oxygens (including phenoxy) is 2. The first kappa shape index (κ1) is 30.6. The van der Waals surface area contributed by atoms with Gasteiger partial charge in [-0.3, -0.25) is 0 Å². The van der Waals surface area contributed by atoms with Crippen molar-refractivity contribution >= 4 is 8.32 Å². The first-order chi connectivity index (χ1) is 15.9. The van der Waals surface area contributed by atoms with Crippen molar-refractivity contribution < 1.29 is 13.9 Å². The molecule has 4 atom stereocenters. The van der Waals surface area contributed by atoms with Gasteiger partial charge in [0.1, 0.15) is 0 Å². The van der Waals surface area contributed by atoms with Crippen LogP contribution in [0.3, 0.4) is 0 Å². The summed E-state index contributed by atoms with van der Waals surface area (Å²) >= 11 is 0. The zero-order valence-corrected chi connectivity index (χ0v) is 24.1. The van der Waals surface area contributed by atoms with Crippen molar-refractivity contribution in [2.75, 3.05) is 0 Å². The molecular weight excluding hydrogens is 436 g/mol. The van der Waals surface area contributed by atoms with Crippen LogP contribution in [0.15, 0.2) is 67.3 Å². The van der Waals surface area contributed by atoms with E-state index in [1.165, 1.54) is 11.1 Å². The van der Waals surface area contributed by atoms with Gasteiger partial charge in [-0.15, -0.1) is 13.2 Å². The topological polar surface area (TPSA) is 27.7 Å². The summed E-state index contributed by atoms with van der Waals surface area (Å²) in [6, 6.07) is 10.3. The lowest BCUT2D eigenvalue weighted by Crippen LogP contribution is -2.48. The second kappa shape index (κ2) is 14.8. The van der Waals surface area contributed by atoms with E-state index >= 15 is 0 Å². The molecule has 0 radical (unpaired) electrons. The highest BCUT2D eigenvalue weighted by molar-refractivity contribution is 6.74. The summed E-state index contributed by atoms with van der Waals surface area (Å²) in [5.41, 5.74) is 2.45. The molecule has 1 aromatic carbocycles. The third-order valence-electron chi connectivity index (χ3n) is 6.70. The predicted molar refractivity (Wildman–Crippen MR) is 150 cm³/mol. The second-order valence-corrected chi connectivity index (χ2v) is 15.7. The molecule has 192 valence electrons. The lowest BCUT2D eigenvalue weighted by Gasteiger charge is -2.42. The first-order valence-corrected chi connectivity index (χ1v) is 15.7. The van der Waals surface area contributed by atoms with Crippen LogP contribution in [0.25, 0.3) is 0 Å². The summed E-state index contributed by atoms with van der Waals surface area (Å²) in [5.74, 6) is 0. The number of hydrogen-bond donors (Lipinski definition) is 0. The Balaban J connectivity index is 3.15. The predicted octanol–water partition coefficient (Wildman–Crippen LogP) is 8.63. The van der Waals surface area contributed by atoms with Gasteiger partial charge in [-0.1, -0.05) is 81.8 Å². The van der Waals surface area contributed by atoms with E-state index in [0.717, 1.165) is 25.7 Å². The minimum Gasteiger partial charge on any atom is -0.411 e. The van der Waals surface area contributed by atoms with E-state index in [1.807, 2.05) is 30.4 Å². The van der Waals surface area contributed by atoms with Gasteiger partial charge in [0.05, 0.1) is 31.0 Å². The van der Waals surface area contributed by atoms with E-state index in [2.05, 4.69) is 86.0 Å². The largest absolute Gasteiger partial charge is 0.411 e. The molecule has 3 nitrogen and oxygen atoms in total. The Morgan fingerprint density at radius 1 is 0.912 bits per heavy atom. The Bertz CT molecular complexity index is 744. The molecule has 0 unspecified atom stereocenters. The molecule has 0 spiro atoms. The van der Waals surface area contributed by atoms with Gasteiger partial charge in [-0.2, -0.15) is 0 Å². The summed E-state index contributed by atoms with van der Waals surface area (Å²) in [6.07, 6.45) is 9.12. The van der Waals surface area contributed by atoms with Crippen LogP contribution in [-0.2, 0) is 20.5 Å². The highest BCUT2D eigenvalue weighted by Crippen LogP contribution is 2.38. The number of rotatable bonds is 16. The van der Waals surface area contributed by atoms with Crippen molar-refractivity contribution in [3.63, 3.8) is 0 Å². The minimum absolute atomic E-state index is 0.0402. The van der Waals surface area contributed by atoms with E-state index < -0.39 is 8.32 Å². The monoisotopic (exact) mass is 486 g/mol. The number of allylic oxidation sites excluding steroid dienone is 1. The molecule has 0 saturated carbocycles. The Kier molecular flexibility index (Phi) is 13.3. The molecule has 0 aliphatic rings. The van der Waals surface area contributed by atoms with Gasteiger partial charge >= 0.3 is 0 Å². The molecule has 0 fully saturated rings. The smallest absolute Gasteiger partial charge is 0.192 e. The Morgan fingerprint density at radius 2 is 1.50 bits per heavy atom. The Labute approximate surface area is 211 Å². The molecule has 1 rings (SSSR count). The quantitative estimate of drug-likeness (QED) is 0.173. The summed E-state index contributed by atoms with van der Waals surface area (Å²) in [6.45, 7) is 26.5. The number of benzene rings is 1. The van der Waals surface area contributed by atoms with Gasteiger partial charge in [0.25, 0.3) is 0 Å². The van der Waals surface area contributed by atoms with Crippen molar-refractivity contribution in [2.45, 2.75) is 116 Å². The average molecular weight is 487 g/mol. The van der Waals surface area contributed by atoms with E-state index in [9.17, 15) is 0 Å². The molecule has 0 aromatic heterocycles. The van der Waals surface area contributed by atoms with Gasteiger partial charge in [-0.25, -0.2) is 0 Å². The maximum Gasteiger partial charge on any atom is 0.192 e. The van der Waals surface area contributed by atoms with Gasteiger partial charge in [0.2, 0.25) is 0 Å². The van der Waals surface area contributed by atoms with Crippen LogP contribution in [0, 0.1) is 0 Å². The van der Waals surface area contributed by atoms with Gasteiger partial charge in [0.15, 0.2) is 8.32 Å². The summed E-state index contributed by atoms with van der Waals surface area (Å²) in [5, 5.41) is 0.127. The van der Waals surface area contributed by atoms with Gasteiger partial charge < -0.3 is 13.9 Å². The highest BCUT2D eigenvalue weighted by Gasteiger charge is 2.41. The molecular formula is C30H50O3Si. The van der Waals surface area contributed by atoms with Crippen LogP contribution in [0.1, 0.15) is 72.8 Å². The fourth-order valence-electron chi connectivity index (χ4n) is 3.58. The highest BCUT2D eigenvalue weighted by atomic mass is 28.4. The molecule has 0 heterocycles. The molecule has 0 amide bonds. The molecule has 0 N–H and O–H groups in total. The SMILES string of the molecule is C=CC[C@H](O[Si](C)(C)C(C)(C)C)[C@H](CC=C(C)C)O[C@@H](CC)[C@@H](CC=C)OCc1ccccc1. The normalized spacial score (nSPS) is 15.8. The molecule has 0 aliphatic heterocycles. The molecule has 0 saturated heterocycles. The Morgan fingerprint density at radius 3 is 2.00 bits per heavy atom. The van der Waals surface area contributed by atoms with Crippen molar-refractivity contribution in [3.05, 3.63) is 72.9 Å². The summed E-state index contributed by atoms with van der Waals surface area (Å²) < 4.78 is 20.1. The van der Waals surface area contributed by atoms with Crippen LogP contribution < -0.4 is 0 Å². The minimum atomic E-state index is -1.98. The third kappa shape index (κ3) is 10.4. The molecule has 0 bridgehead atoms. The fourth-order valence-corrected chi connectivity index (χ4v) is 4.94. The van der Waals surface area contributed by atoms with Crippen LogP contribution >= 0.6 is 0 Å². The maximum atomic E-state index is 6.90. The van der Waals surface area contributed by atoms with Crippen LogP contribution in [0.2, 0.25) is 18.1 Å². The van der Waals surface area contributed by atoms with Crippen molar-refractivity contribution in [3.8, 4) is 0 Å².